The molecule has 0 amide bonds. The van der Waals surface area contributed by atoms with Crippen LogP contribution < -0.4 is 0 Å². The number of piperidine rings is 1. The van der Waals surface area contributed by atoms with Gasteiger partial charge in [-0.05, 0) is 71.7 Å². The molecule has 25 heavy (non-hydrogen) atoms. The van der Waals surface area contributed by atoms with Crippen LogP contribution in [0.15, 0.2) is 54.7 Å². The first-order valence-corrected chi connectivity index (χ1v) is 10.0. The van der Waals surface area contributed by atoms with Gasteiger partial charge in [-0.1, -0.05) is 24.3 Å². The molecule has 1 aliphatic rings. The van der Waals surface area contributed by atoms with Crippen molar-refractivity contribution in [2.24, 2.45) is 0 Å². The fourth-order valence-electron chi connectivity index (χ4n) is 3.84. The van der Waals surface area contributed by atoms with E-state index < -0.39 is 0 Å². The lowest BCUT2D eigenvalue weighted by Gasteiger charge is -2.33. The SMILES string of the molecule is Fc1ccc(CCN2CCC(n3ccc4cccc(I)c43)CC2)cc1. The maximum absolute atomic E-state index is 13.0. The zero-order valence-electron chi connectivity index (χ0n) is 14.2. The Bertz CT molecular complexity index is 848. The normalized spacial score (nSPS) is 16.6. The van der Waals surface area contributed by atoms with Gasteiger partial charge in [-0.25, -0.2) is 4.39 Å². The Balaban J connectivity index is 1.37. The van der Waals surface area contributed by atoms with Crippen molar-refractivity contribution in [3.8, 4) is 0 Å². The third kappa shape index (κ3) is 3.75. The van der Waals surface area contributed by atoms with E-state index in [0.29, 0.717) is 6.04 Å². The highest BCUT2D eigenvalue weighted by Crippen LogP contribution is 2.30. The third-order valence-corrected chi connectivity index (χ3v) is 6.14. The predicted molar refractivity (Wildman–Crippen MR) is 109 cm³/mol. The molecule has 1 saturated heterocycles. The summed E-state index contributed by atoms with van der Waals surface area (Å²) < 4.78 is 16.8. The fraction of sp³-hybridized carbons (Fsp3) is 0.333. The zero-order chi connectivity index (χ0) is 17.2. The van der Waals surface area contributed by atoms with E-state index in [4.69, 9.17) is 0 Å². The summed E-state index contributed by atoms with van der Waals surface area (Å²) in [7, 11) is 0. The van der Waals surface area contributed by atoms with E-state index in [1.165, 1.54) is 32.9 Å². The van der Waals surface area contributed by atoms with E-state index in [9.17, 15) is 4.39 Å². The summed E-state index contributed by atoms with van der Waals surface area (Å²) in [4.78, 5) is 2.54. The van der Waals surface area contributed by atoms with Gasteiger partial charge >= 0.3 is 0 Å². The molecule has 1 aliphatic heterocycles. The summed E-state index contributed by atoms with van der Waals surface area (Å²) in [5.41, 5.74) is 2.60. The summed E-state index contributed by atoms with van der Waals surface area (Å²) in [6.07, 6.45) is 5.64. The van der Waals surface area contributed by atoms with E-state index in [1.807, 2.05) is 12.1 Å². The summed E-state index contributed by atoms with van der Waals surface area (Å²) in [5.74, 6) is -0.154. The smallest absolute Gasteiger partial charge is 0.123 e. The molecule has 0 spiro atoms. The zero-order valence-corrected chi connectivity index (χ0v) is 16.3. The first-order chi connectivity index (χ1) is 12.2. The lowest BCUT2D eigenvalue weighted by molar-refractivity contribution is 0.190. The van der Waals surface area contributed by atoms with Crippen LogP contribution in [0.25, 0.3) is 10.9 Å². The van der Waals surface area contributed by atoms with E-state index >= 15 is 0 Å². The maximum Gasteiger partial charge on any atom is 0.123 e. The van der Waals surface area contributed by atoms with Gasteiger partial charge in [0.2, 0.25) is 0 Å². The minimum absolute atomic E-state index is 0.154. The van der Waals surface area contributed by atoms with Crippen LogP contribution in [0.1, 0.15) is 24.4 Å². The Labute approximate surface area is 161 Å². The van der Waals surface area contributed by atoms with Crippen molar-refractivity contribution in [1.82, 2.24) is 9.47 Å². The van der Waals surface area contributed by atoms with Crippen molar-refractivity contribution in [3.63, 3.8) is 0 Å². The number of rotatable bonds is 4. The molecule has 1 fully saturated rings. The highest BCUT2D eigenvalue weighted by Gasteiger charge is 2.21. The van der Waals surface area contributed by atoms with E-state index in [1.54, 1.807) is 12.1 Å². The van der Waals surface area contributed by atoms with Gasteiger partial charge in [-0.3, -0.25) is 0 Å². The van der Waals surface area contributed by atoms with Crippen LogP contribution in [-0.2, 0) is 6.42 Å². The van der Waals surface area contributed by atoms with Gasteiger partial charge < -0.3 is 9.47 Å². The molecule has 0 N–H and O–H groups in total. The molecule has 0 aliphatic carbocycles. The first-order valence-electron chi connectivity index (χ1n) is 8.92. The largest absolute Gasteiger partial charge is 0.343 e. The van der Waals surface area contributed by atoms with Gasteiger partial charge in [-0.15, -0.1) is 0 Å². The molecule has 0 unspecified atom stereocenters. The number of hydrogen-bond acceptors (Lipinski definition) is 1. The second kappa shape index (κ2) is 7.46. The molecule has 0 saturated carbocycles. The minimum Gasteiger partial charge on any atom is -0.343 e. The number of para-hydroxylation sites is 1. The standard InChI is InChI=1S/C21H22FIN2/c22-18-6-4-16(5-7-18)8-12-24-13-10-19(11-14-24)25-15-9-17-2-1-3-20(23)21(17)25/h1-7,9,15,19H,8,10-14H2. The monoisotopic (exact) mass is 448 g/mol. The number of nitrogens with zero attached hydrogens (tertiary/aromatic N) is 2. The Hall–Kier alpha value is -1.40. The molecule has 130 valence electrons. The lowest BCUT2D eigenvalue weighted by atomic mass is 10.0. The summed E-state index contributed by atoms with van der Waals surface area (Å²) in [6, 6.07) is 16.3. The summed E-state index contributed by atoms with van der Waals surface area (Å²) >= 11 is 2.44. The van der Waals surface area contributed by atoms with Gasteiger partial charge in [0, 0.05) is 40.8 Å². The fourth-order valence-corrected chi connectivity index (χ4v) is 4.64. The first kappa shape index (κ1) is 17.0. The number of fused-ring (bicyclic) bond motifs is 1. The number of aromatic nitrogens is 1. The number of hydrogen-bond donors (Lipinski definition) is 0. The van der Waals surface area contributed by atoms with Crippen LogP contribution >= 0.6 is 22.6 Å². The molecule has 4 heteroatoms. The number of benzene rings is 2. The lowest BCUT2D eigenvalue weighted by Crippen LogP contribution is -2.35. The highest BCUT2D eigenvalue weighted by molar-refractivity contribution is 14.1. The molecule has 0 atom stereocenters. The van der Waals surface area contributed by atoms with E-state index in [0.717, 1.165) is 26.1 Å². The highest BCUT2D eigenvalue weighted by atomic mass is 127. The Morgan fingerprint density at radius 2 is 1.76 bits per heavy atom. The van der Waals surface area contributed by atoms with Crippen LogP contribution in [0.2, 0.25) is 0 Å². The van der Waals surface area contributed by atoms with Crippen LogP contribution in [0, 0.1) is 9.39 Å². The average Bonchev–Trinajstić information content (AvgIpc) is 3.07. The second-order valence-corrected chi connectivity index (χ2v) is 8.01. The van der Waals surface area contributed by atoms with Crippen molar-refractivity contribution < 1.29 is 4.39 Å². The van der Waals surface area contributed by atoms with Gasteiger partial charge in [0.25, 0.3) is 0 Å². The van der Waals surface area contributed by atoms with Crippen molar-refractivity contribution >= 4 is 33.5 Å². The van der Waals surface area contributed by atoms with Crippen LogP contribution in [-0.4, -0.2) is 29.1 Å². The molecule has 3 aromatic rings. The van der Waals surface area contributed by atoms with Gasteiger partial charge in [0.05, 0.1) is 5.52 Å². The van der Waals surface area contributed by atoms with Gasteiger partial charge in [-0.2, -0.15) is 0 Å². The number of halogens is 2. The molecule has 0 bridgehead atoms. The molecule has 4 rings (SSSR count). The molecular weight excluding hydrogens is 426 g/mol. The molecule has 0 radical (unpaired) electrons. The van der Waals surface area contributed by atoms with Crippen molar-refractivity contribution in [3.05, 3.63) is 69.7 Å². The van der Waals surface area contributed by atoms with Crippen LogP contribution in [0.5, 0.6) is 0 Å². The summed E-state index contributed by atoms with van der Waals surface area (Å²) in [6.45, 7) is 3.33. The number of likely N-dealkylation sites (tertiary alicyclic amines) is 1. The van der Waals surface area contributed by atoms with Crippen LogP contribution in [0.3, 0.4) is 0 Å². The summed E-state index contributed by atoms with van der Waals surface area (Å²) in [5, 5.41) is 1.34. The molecular formula is C21H22FIN2. The van der Waals surface area contributed by atoms with Crippen molar-refractivity contribution in [1.29, 1.82) is 0 Å². The van der Waals surface area contributed by atoms with Crippen molar-refractivity contribution in [2.45, 2.75) is 25.3 Å². The van der Waals surface area contributed by atoms with Gasteiger partial charge in [0.1, 0.15) is 5.82 Å². The second-order valence-electron chi connectivity index (χ2n) is 6.85. The molecule has 2 heterocycles. The minimum atomic E-state index is -0.154. The van der Waals surface area contributed by atoms with Gasteiger partial charge in [0.15, 0.2) is 0 Å². The molecule has 2 nitrogen and oxygen atoms in total. The topological polar surface area (TPSA) is 8.17 Å². The quantitative estimate of drug-likeness (QED) is 0.494. The predicted octanol–water partition coefficient (Wildman–Crippen LogP) is 5.26. The van der Waals surface area contributed by atoms with E-state index in [-0.39, 0.29) is 5.82 Å². The maximum atomic E-state index is 13.0. The molecule has 1 aromatic heterocycles. The van der Waals surface area contributed by atoms with Crippen LogP contribution in [0.4, 0.5) is 4.39 Å². The third-order valence-electron chi connectivity index (χ3n) is 5.27. The molecule has 2 aromatic carbocycles. The Morgan fingerprint density at radius 1 is 1.00 bits per heavy atom. The van der Waals surface area contributed by atoms with E-state index in [2.05, 4.69) is 62.5 Å². The Morgan fingerprint density at radius 3 is 2.52 bits per heavy atom. The average molecular weight is 448 g/mol. The van der Waals surface area contributed by atoms with Crippen molar-refractivity contribution in [2.75, 3.05) is 19.6 Å². The Kier molecular flexibility index (Phi) is 5.08.